The van der Waals surface area contributed by atoms with Gasteiger partial charge in [-0.25, -0.2) is 4.98 Å². The van der Waals surface area contributed by atoms with Crippen molar-refractivity contribution in [1.82, 2.24) is 14.9 Å². The van der Waals surface area contributed by atoms with Crippen LogP contribution in [-0.2, 0) is 4.79 Å². The van der Waals surface area contributed by atoms with Gasteiger partial charge in [-0.1, -0.05) is 12.1 Å². The number of nitrogens with zero attached hydrogens (tertiary/aromatic N) is 2. The zero-order valence-electron chi connectivity index (χ0n) is 12.7. The van der Waals surface area contributed by atoms with Gasteiger partial charge in [-0.2, -0.15) is 0 Å². The molecule has 0 radical (unpaired) electrons. The smallest absolute Gasteiger partial charge is 0.224 e. The molecular weight excluding hydrogens is 276 g/mol. The molecule has 1 fully saturated rings. The molecule has 3 rings (SSSR count). The van der Waals surface area contributed by atoms with Crippen LogP contribution in [0.2, 0.25) is 0 Å². The Bertz CT molecular complexity index is 603. The summed E-state index contributed by atoms with van der Waals surface area (Å²) in [6, 6.07) is 7.80. The molecular formula is C17H22N4O. The molecule has 2 N–H and O–H groups in total. The van der Waals surface area contributed by atoms with Gasteiger partial charge in [0.1, 0.15) is 0 Å². The minimum atomic E-state index is 0.0890. The van der Waals surface area contributed by atoms with Crippen LogP contribution in [-0.4, -0.2) is 28.5 Å². The van der Waals surface area contributed by atoms with Gasteiger partial charge in [0.15, 0.2) is 0 Å². The molecule has 5 heteroatoms. The highest BCUT2D eigenvalue weighted by atomic mass is 16.1. The minimum Gasteiger partial charge on any atom is -0.324 e. The maximum Gasteiger partial charge on any atom is 0.224 e. The maximum atomic E-state index is 12.2. The first-order chi connectivity index (χ1) is 10.8. The van der Waals surface area contributed by atoms with Crippen LogP contribution in [0, 0.1) is 5.92 Å². The number of aromatic nitrogens is 2. The van der Waals surface area contributed by atoms with Gasteiger partial charge in [0, 0.05) is 18.8 Å². The second-order valence-electron chi connectivity index (χ2n) is 5.77. The number of piperidine rings is 1. The zero-order chi connectivity index (χ0) is 15.2. The molecule has 2 aromatic rings. The van der Waals surface area contributed by atoms with Gasteiger partial charge in [-0.3, -0.25) is 4.79 Å². The standard InChI is InChI=1S/C17H22N4O/c22-17(6-5-14-7-9-18-10-8-14)20-15-3-1-2-4-16(15)21-12-11-19-13-21/h1-4,11-14,18H,5-10H2,(H,20,22). The van der Waals surface area contributed by atoms with E-state index in [0.29, 0.717) is 12.3 Å². The summed E-state index contributed by atoms with van der Waals surface area (Å²) in [5.41, 5.74) is 1.77. The topological polar surface area (TPSA) is 59.0 Å². The van der Waals surface area contributed by atoms with Crippen LogP contribution < -0.4 is 10.6 Å². The van der Waals surface area contributed by atoms with Gasteiger partial charge in [0.25, 0.3) is 0 Å². The van der Waals surface area contributed by atoms with E-state index < -0.39 is 0 Å². The first-order valence-corrected chi connectivity index (χ1v) is 7.91. The van der Waals surface area contributed by atoms with Crippen molar-refractivity contribution in [1.29, 1.82) is 0 Å². The number of anilines is 1. The number of para-hydroxylation sites is 2. The Kier molecular flexibility index (Phi) is 4.85. The summed E-state index contributed by atoms with van der Waals surface area (Å²) < 4.78 is 1.91. The van der Waals surface area contributed by atoms with E-state index in [2.05, 4.69) is 15.6 Å². The highest BCUT2D eigenvalue weighted by Gasteiger charge is 2.15. The van der Waals surface area contributed by atoms with Crippen molar-refractivity contribution in [2.24, 2.45) is 5.92 Å². The Hall–Kier alpha value is -2.14. The molecule has 0 unspecified atom stereocenters. The largest absolute Gasteiger partial charge is 0.324 e. The van der Waals surface area contributed by atoms with Gasteiger partial charge in [-0.15, -0.1) is 0 Å². The van der Waals surface area contributed by atoms with E-state index in [-0.39, 0.29) is 5.91 Å². The van der Waals surface area contributed by atoms with Crippen LogP contribution in [0.15, 0.2) is 43.0 Å². The Morgan fingerprint density at radius 2 is 2.14 bits per heavy atom. The van der Waals surface area contributed by atoms with Crippen molar-refractivity contribution in [3.63, 3.8) is 0 Å². The van der Waals surface area contributed by atoms with E-state index in [4.69, 9.17) is 0 Å². The zero-order valence-corrected chi connectivity index (χ0v) is 12.7. The summed E-state index contributed by atoms with van der Waals surface area (Å²) in [5, 5.41) is 6.39. The molecule has 1 aromatic heterocycles. The first-order valence-electron chi connectivity index (χ1n) is 7.91. The normalized spacial score (nSPS) is 15.6. The Balaban J connectivity index is 1.59. The average molecular weight is 298 g/mol. The number of rotatable bonds is 5. The van der Waals surface area contributed by atoms with Gasteiger partial charge in [-0.05, 0) is 50.4 Å². The Morgan fingerprint density at radius 1 is 1.32 bits per heavy atom. The number of hydrogen-bond acceptors (Lipinski definition) is 3. The van der Waals surface area contributed by atoms with Crippen LogP contribution in [0.3, 0.4) is 0 Å². The molecule has 1 aromatic carbocycles. The van der Waals surface area contributed by atoms with Crippen LogP contribution in [0.4, 0.5) is 5.69 Å². The Labute approximate surface area is 130 Å². The fourth-order valence-electron chi connectivity index (χ4n) is 2.92. The van der Waals surface area contributed by atoms with Crippen LogP contribution in [0.5, 0.6) is 0 Å². The number of amides is 1. The quantitative estimate of drug-likeness (QED) is 0.892. The molecule has 0 atom stereocenters. The second-order valence-corrected chi connectivity index (χ2v) is 5.77. The maximum absolute atomic E-state index is 12.2. The van der Waals surface area contributed by atoms with Crippen molar-refractivity contribution >= 4 is 11.6 Å². The predicted octanol–water partition coefficient (Wildman–Crippen LogP) is 2.59. The molecule has 1 aliphatic heterocycles. The van der Waals surface area contributed by atoms with Gasteiger partial charge >= 0.3 is 0 Å². The second kappa shape index (κ2) is 7.22. The van der Waals surface area contributed by atoms with Crippen molar-refractivity contribution in [2.75, 3.05) is 18.4 Å². The number of hydrogen-bond donors (Lipinski definition) is 2. The van der Waals surface area contributed by atoms with E-state index in [1.165, 1.54) is 12.8 Å². The SMILES string of the molecule is O=C(CCC1CCNCC1)Nc1ccccc1-n1ccnc1. The van der Waals surface area contributed by atoms with Gasteiger partial charge in [0.05, 0.1) is 17.7 Å². The summed E-state index contributed by atoms with van der Waals surface area (Å²) in [6.07, 6.45) is 9.26. The third-order valence-corrected chi connectivity index (χ3v) is 4.20. The summed E-state index contributed by atoms with van der Waals surface area (Å²) in [7, 11) is 0. The number of carbonyl (C=O) groups excluding carboxylic acids is 1. The lowest BCUT2D eigenvalue weighted by Crippen LogP contribution is -2.28. The highest BCUT2D eigenvalue weighted by molar-refractivity contribution is 5.92. The van der Waals surface area contributed by atoms with E-state index in [9.17, 15) is 4.79 Å². The average Bonchev–Trinajstić information content (AvgIpc) is 3.09. The van der Waals surface area contributed by atoms with Crippen molar-refractivity contribution < 1.29 is 4.79 Å². The molecule has 1 amide bonds. The predicted molar refractivity (Wildman–Crippen MR) is 87.0 cm³/mol. The van der Waals surface area contributed by atoms with Crippen LogP contribution in [0.25, 0.3) is 5.69 Å². The minimum absolute atomic E-state index is 0.0890. The van der Waals surface area contributed by atoms with E-state index >= 15 is 0 Å². The van der Waals surface area contributed by atoms with E-state index in [1.807, 2.05) is 35.0 Å². The molecule has 0 bridgehead atoms. The summed E-state index contributed by atoms with van der Waals surface area (Å²) in [4.78, 5) is 16.3. The summed E-state index contributed by atoms with van der Waals surface area (Å²) in [6.45, 7) is 2.16. The number of nitrogens with one attached hydrogen (secondary N) is 2. The van der Waals surface area contributed by atoms with E-state index in [1.54, 1.807) is 12.5 Å². The van der Waals surface area contributed by atoms with E-state index in [0.717, 1.165) is 30.9 Å². The molecule has 5 nitrogen and oxygen atoms in total. The van der Waals surface area contributed by atoms with Crippen LogP contribution in [0.1, 0.15) is 25.7 Å². The number of benzene rings is 1. The molecule has 22 heavy (non-hydrogen) atoms. The fraction of sp³-hybridized carbons (Fsp3) is 0.412. The molecule has 0 aliphatic carbocycles. The molecule has 1 saturated heterocycles. The number of carbonyl (C=O) groups is 1. The summed E-state index contributed by atoms with van der Waals surface area (Å²) >= 11 is 0. The van der Waals surface area contributed by atoms with Crippen LogP contribution >= 0.6 is 0 Å². The summed E-state index contributed by atoms with van der Waals surface area (Å²) in [5.74, 6) is 0.766. The number of imidazole rings is 1. The van der Waals surface area contributed by atoms with Gasteiger partial charge < -0.3 is 15.2 Å². The van der Waals surface area contributed by atoms with Gasteiger partial charge in [0.2, 0.25) is 5.91 Å². The van der Waals surface area contributed by atoms with Crippen molar-refractivity contribution in [3.05, 3.63) is 43.0 Å². The fourth-order valence-corrected chi connectivity index (χ4v) is 2.92. The first kappa shape index (κ1) is 14.8. The lowest BCUT2D eigenvalue weighted by atomic mass is 9.93. The lowest BCUT2D eigenvalue weighted by molar-refractivity contribution is -0.116. The molecule has 1 aliphatic rings. The molecule has 0 spiro atoms. The Morgan fingerprint density at radius 3 is 2.91 bits per heavy atom. The third kappa shape index (κ3) is 3.74. The molecule has 116 valence electrons. The highest BCUT2D eigenvalue weighted by Crippen LogP contribution is 2.21. The lowest BCUT2D eigenvalue weighted by Gasteiger charge is -2.22. The molecule has 2 heterocycles. The monoisotopic (exact) mass is 298 g/mol. The van der Waals surface area contributed by atoms with Crippen molar-refractivity contribution in [2.45, 2.75) is 25.7 Å². The third-order valence-electron chi connectivity index (χ3n) is 4.20. The van der Waals surface area contributed by atoms with Crippen molar-refractivity contribution in [3.8, 4) is 5.69 Å². The molecule has 0 saturated carbocycles.